The molecule has 5 heteroatoms. The van der Waals surface area contributed by atoms with Gasteiger partial charge in [0.05, 0.1) is 17.4 Å². The van der Waals surface area contributed by atoms with Crippen LogP contribution in [0.4, 0.5) is 14.5 Å². The lowest BCUT2D eigenvalue weighted by Gasteiger charge is -2.21. The summed E-state index contributed by atoms with van der Waals surface area (Å²) in [4.78, 5) is 10.9. The molecule has 0 saturated carbocycles. The fourth-order valence-corrected chi connectivity index (χ4v) is 3.40. The van der Waals surface area contributed by atoms with E-state index < -0.39 is 0 Å². The van der Waals surface area contributed by atoms with Crippen LogP contribution in [0.2, 0.25) is 0 Å². The van der Waals surface area contributed by atoms with Crippen LogP contribution in [-0.2, 0) is 0 Å². The lowest BCUT2D eigenvalue weighted by atomic mass is 10.00. The molecule has 3 aromatic rings. The highest BCUT2D eigenvalue weighted by Crippen LogP contribution is 2.30. The summed E-state index contributed by atoms with van der Waals surface area (Å²) in [5.74, 6) is -0.631. The van der Waals surface area contributed by atoms with E-state index in [0.29, 0.717) is 28.8 Å². The Kier molecular flexibility index (Phi) is 3.71. The highest BCUT2D eigenvalue weighted by molar-refractivity contribution is 6.17. The first-order valence-electron chi connectivity index (χ1n) is 8.17. The van der Waals surface area contributed by atoms with Crippen LogP contribution in [0.1, 0.15) is 18.1 Å². The van der Waals surface area contributed by atoms with E-state index in [2.05, 4.69) is 4.98 Å². The summed E-state index contributed by atoms with van der Waals surface area (Å²) in [5.41, 5.74) is 3.02. The van der Waals surface area contributed by atoms with Crippen LogP contribution >= 0.6 is 0 Å². The fourth-order valence-electron chi connectivity index (χ4n) is 3.40. The first-order chi connectivity index (χ1) is 12.0. The highest BCUT2D eigenvalue weighted by Gasteiger charge is 2.23. The summed E-state index contributed by atoms with van der Waals surface area (Å²) in [5, 5.41) is 0.698. The van der Waals surface area contributed by atoms with Crippen LogP contribution in [0.15, 0.2) is 53.7 Å². The van der Waals surface area contributed by atoms with Crippen molar-refractivity contribution < 1.29 is 8.78 Å². The van der Waals surface area contributed by atoms with Gasteiger partial charge in [0.2, 0.25) is 0 Å². The minimum absolute atomic E-state index is 0.00462. The Morgan fingerprint density at radius 3 is 2.68 bits per heavy atom. The molecule has 2 heterocycles. The first-order valence-corrected chi connectivity index (χ1v) is 8.17. The van der Waals surface area contributed by atoms with Gasteiger partial charge < -0.3 is 4.90 Å². The molecule has 0 aliphatic carbocycles. The molecule has 1 aliphatic rings. The van der Waals surface area contributed by atoms with Crippen molar-refractivity contribution in [2.75, 3.05) is 18.5 Å². The first kappa shape index (κ1) is 15.7. The molecule has 25 heavy (non-hydrogen) atoms. The molecule has 0 N–H and O–H groups in total. The average molecular weight is 337 g/mol. The quantitative estimate of drug-likeness (QED) is 0.666. The lowest BCUT2D eigenvalue weighted by molar-refractivity contribution is 0.618. The molecule has 1 atom stereocenters. The van der Waals surface area contributed by atoms with E-state index >= 15 is 0 Å². The van der Waals surface area contributed by atoms with Crippen LogP contribution in [0.25, 0.3) is 10.9 Å². The third-order valence-electron chi connectivity index (χ3n) is 4.45. The molecule has 0 unspecified atom stereocenters. The molecule has 1 aromatic heterocycles. The van der Waals surface area contributed by atoms with Gasteiger partial charge in [-0.3, -0.25) is 9.98 Å². The summed E-state index contributed by atoms with van der Waals surface area (Å²) in [7, 11) is 1.87. The fraction of sp³-hybridized carbons (Fsp3) is 0.200. The maximum Gasteiger partial charge on any atom is 0.149 e. The number of rotatable bonds is 1. The number of likely N-dealkylation sites (N-methyl/N-ethyl adjacent to an activating group) is 1. The number of hydrogen-bond acceptors (Lipinski definition) is 3. The van der Waals surface area contributed by atoms with Gasteiger partial charge in [0.15, 0.2) is 0 Å². The number of hydrogen-bond donors (Lipinski definition) is 0. The summed E-state index contributed by atoms with van der Waals surface area (Å²) < 4.78 is 28.3. The number of halogens is 2. The second kappa shape index (κ2) is 5.92. The number of para-hydroxylation sites is 2. The summed E-state index contributed by atoms with van der Waals surface area (Å²) in [6, 6.07) is 11.7. The number of fused-ring (bicyclic) bond motifs is 2. The number of anilines is 1. The number of pyridine rings is 1. The number of aromatic nitrogens is 1. The van der Waals surface area contributed by atoms with Gasteiger partial charge in [-0.15, -0.1) is 0 Å². The Morgan fingerprint density at radius 2 is 1.84 bits per heavy atom. The normalized spacial score (nSPS) is 17.2. The van der Waals surface area contributed by atoms with Crippen LogP contribution < -0.4 is 4.90 Å². The van der Waals surface area contributed by atoms with Gasteiger partial charge in [-0.1, -0.05) is 24.3 Å². The SMILES string of the molecule is C[C@H]1CN(C)c2c(F)cccc2C(c2cnc3c(F)cccc3c2)=N1. The van der Waals surface area contributed by atoms with Crippen molar-refractivity contribution in [3.8, 4) is 0 Å². The molecule has 3 nitrogen and oxygen atoms in total. The standard InChI is InChI=1S/C20H17F2N3/c1-12-11-25(2)20-15(6-4-8-17(20)22)18(24-12)14-9-13-5-3-7-16(21)19(13)23-10-14/h3-10,12H,11H2,1-2H3/t12-/m0/s1. The Hall–Kier alpha value is -2.82. The minimum Gasteiger partial charge on any atom is -0.370 e. The lowest BCUT2D eigenvalue weighted by Crippen LogP contribution is -2.25. The molecule has 0 amide bonds. The van der Waals surface area contributed by atoms with E-state index in [-0.39, 0.29) is 17.7 Å². The van der Waals surface area contributed by atoms with Crippen molar-refractivity contribution in [3.05, 3.63) is 71.4 Å². The van der Waals surface area contributed by atoms with Gasteiger partial charge in [-0.2, -0.15) is 0 Å². The molecule has 1 aliphatic heterocycles. The van der Waals surface area contributed by atoms with Crippen molar-refractivity contribution in [1.29, 1.82) is 0 Å². The predicted octanol–water partition coefficient (Wildman–Crippen LogP) is 4.19. The van der Waals surface area contributed by atoms with E-state index in [0.717, 1.165) is 11.1 Å². The topological polar surface area (TPSA) is 28.5 Å². The van der Waals surface area contributed by atoms with Gasteiger partial charge in [-0.25, -0.2) is 8.78 Å². The Balaban J connectivity index is 1.95. The molecule has 0 fully saturated rings. The molecular formula is C20H17F2N3. The molecule has 0 radical (unpaired) electrons. The van der Waals surface area contributed by atoms with Crippen molar-refractivity contribution >= 4 is 22.3 Å². The van der Waals surface area contributed by atoms with Crippen LogP contribution in [-0.4, -0.2) is 30.3 Å². The van der Waals surface area contributed by atoms with E-state index in [9.17, 15) is 8.78 Å². The number of benzene rings is 2. The predicted molar refractivity (Wildman–Crippen MR) is 96.5 cm³/mol. The summed E-state index contributed by atoms with van der Waals surface area (Å²) in [6.45, 7) is 2.61. The highest BCUT2D eigenvalue weighted by atomic mass is 19.1. The molecule has 126 valence electrons. The molecule has 0 saturated heterocycles. The number of benzodiazepines with no additional fused rings is 1. The monoisotopic (exact) mass is 337 g/mol. The maximum atomic E-state index is 14.5. The second-order valence-corrected chi connectivity index (χ2v) is 6.38. The van der Waals surface area contributed by atoms with Gasteiger partial charge in [0.1, 0.15) is 17.2 Å². The Bertz CT molecular complexity index is 997. The zero-order valence-corrected chi connectivity index (χ0v) is 14.0. The van der Waals surface area contributed by atoms with Gasteiger partial charge in [0, 0.05) is 36.3 Å². The molecule has 2 aromatic carbocycles. The summed E-state index contributed by atoms with van der Waals surface area (Å²) >= 11 is 0. The maximum absolute atomic E-state index is 14.5. The summed E-state index contributed by atoms with van der Waals surface area (Å²) in [6.07, 6.45) is 1.61. The minimum atomic E-state index is -0.355. The van der Waals surface area contributed by atoms with Crippen molar-refractivity contribution in [2.24, 2.45) is 4.99 Å². The van der Waals surface area contributed by atoms with E-state index in [4.69, 9.17) is 4.99 Å². The number of aliphatic imine (C=N–C) groups is 1. The van der Waals surface area contributed by atoms with Gasteiger partial charge >= 0.3 is 0 Å². The average Bonchev–Trinajstić information content (AvgIpc) is 2.71. The zero-order valence-electron chi connectivity index (χ0n) is 14.0. The van der Waals surface area contributed by atoms with Crippen LogP contribution in [0.5, 0.6) is 0 Å². The Labute approximate surface area is 144 Å². The molecular weight excluding hydrogens is 320 g/mol. The molecule has 4 rings (SSSR count). The zero-order chi connectivity index (χ0) is 17.6. The van der Waals surface area contributed by atoms with Crippen LogP contribution in [0.3, 0.4) is 0 Å². The molecule has 0 spiro atoms. The smallest absolute Gasteiger partial charge is 0.149 e. The van der Waals surface area contributed by atoms with Gasteiger partial charge in [0.25, 0.3) is 0 Å². The third kappa shape index (κ3) is 2.65. The van der Waals surface area contributed by atoms with E-state index in [1.54, 1.807) is 18.3 Å². The second-order valence-electron chi connectivity index (χ2n) is 6.38. The van der Waals surface area contributed by atoms with E-state index in [1.165, 1.54) is 12.1 Å². The van der Waals surface area contributed by atoms with Gasteiger partial charge in [-0.05, 0) is 25.1 Å². The van der Waals surface area contributed by atoms with Crippen molar-refractivity contribution in [3.63, 3.8) is 0 Å². The van der Waals surface area contributed by atoms with Crippen molar-refractivity contribution in [2.45, 2.75) is 13.0 Å². The van der Waals surface area contributed by atoms with Crippen LogP contribution in [0, 0.1) is 11.6 Å². The molecule has 0 bridgehead atoms. The third-order valence-corrected chi connectivity index (χ3v) is 4.45. The Morgan fingerprint density at radius 1 is 1.08 bits per heavy atom. The van der Waals surface area contributed by atoms with E-state index in [1.807, 2.05) is 37.1 Å². The van der Waals surface area contributed by atoms with Crippen molar-refractivity contribution in [1.82, 2.24) is 4.98 Å². The number of nitrogens with zero attached hydrogens (tertiary/aromatic N) is 3. The largest absolute Gasteiger partial charge is 0.370 e.